The van der Waals surface area contributed by atoms with Crippen LogP contribution in [-0.4, -0.2) is 25.8 Å². The Kier molecular flexibility index (Phi) is 3.97. The van der Waals surface area contributed by atoms with E-state index in [1.54, 1.807) is 0 Å². The summed E-state index contributed by atoms with van der Waals surface area (Å²) < 4.78 is 5.35. The maximum atomic E-state index is 5.35. The summed E-state index contributed by atoms with van der Waals surface area (Å²) in [6.45, 7) is 7.25. The molecule has 2 heteroatoms. The second-order valence-corrected chi connectivity index (χ2v) is 4.78. The van der Waals surface area contributed by atoms with E-state index < -0.39 is 0 Å². The minimum absolute atomic E-state index is 0.562. The van der Waals surface area contributed by atoms with Crippen LogP contribution in [0.2, 0.25) is 0 Å². The molecule has 0 aliphatic carbocycles. The van der Waals surface area contributed by atoms with E-state index in [0.717, 1.165) is 26.2 Å². The highest BCUT2D eigenvalue weighted by Gasteiger charge is 2.15. The van der Waals surface area contributed by atoms with Gasteiger partial charge in [0.25, 0.3) is 0 Å². The summed E-state index contributed by atoms with van der Waals surface area (Å²) in [5, 5.41) is 3.57. The number of hydrogen-bond donors (Lipinski definition) is 1. The fraction of sp³-hybridized carbons (Fsp3) is 0.571. The Hall–Kier alpha value is -0.860. The SMILES string of the molecule is Cc1cccc(C(C)CNC2CCOC2)c1. The van der Waals surface area contributed by atoms with E-state index in [4.69, 9.17) is 4.74 Å². The summed E-state index contributed by atoms with van der Waals surface area (Å²) in [6, 6.07) is 9.34. The molecule has 1 aromatic carbocycles. The van der Waals surface area contributed by atoms with Gasteiger partial charge in [0.2, 0.25) is 0 Å². The Labute approximate surface area is 98.0 Å². The van der Waals surface area contributed by atoms with E-state index in [2.05, 4.69) is 43.4 Å². The number of rotatable bonds is 4. The molecule has 2 nitrogen and oxygen atoms in total. The van der Waals surface area contributed by atoms with Crippen molar-refractivity contribution in [3.63, 3.8) is 0 Å². The van der Waals surface area contributed by atoms with Crippen LogP contribution in [0.3, 0.4) is 0 Å². The van der Waals surface area contributed by atoms with Crippen molar-refractivity contribution in [3.05, 3.63) is 35.4 Å². The van der Waals surface area contributed by atoms with Crippen LogP contribution in [0.15, 0.2) is 24.3 Å². The Morgan fingerprint density at radius 3 is 3.06 bits per heavy atom. The van der Waals surface area contributed by atoms with Crippen LogP contribution >= 0.6 is 0 Å². The highest BCUT2D eigenvalue weighted by atomic mass is 16.5. The molecule has 2 unspecified atom stereocenters. The summed E-state index contributed by atoms with van der Waals surface area (Å²) in [5.74, 6) is 0.570. The van der Waals surface area contributed by atoms with E-state index in [0.29, 0.717) is 12.0 Å². The van der Waals surface area contributed by atoms with Gasteiger partial charge < -0.3 is 10.1 Å². The quantitative estimate of drug-likeness (QED) is 0.840. The van der Waals surface area contributed by atoms with E-state index in [1.165, 1.54) is 11.1 Å². The molecule has 0 bridgehead atoms. The summed E-state index contributed by atoms with van der Waals surface area (Å²) in [6.07, 6.45) is 1.15. The Morgan fingerprint density at radius 2 is 2.38 bits per heavy atom. The van der Waals surface area contributed by atoms with Gasteiger partial charge in [-0.05, 0) is 24.8 Å². The third-order valence-electron chi connectivity index (χ3n) is 3.25. The van der Waals surface area contributed by atoms with Crippen LogP contribution in [0.25, 0.3) is 0 Å². The standard InChI is InChI=1S/C14H21NO/c1-11-4-3-5-13(8-11)12(2)9-15-14-6-7-16-10-14/h3-5,8,12,14-15H,6-7,9-10H2,1-2H3. The summed E-state index contributed by atoms with van der Waals surface area (Å²) in [4.78, 5) is 0. The van der Waals surface area contributed by atoms with Gasteiger partial charge in [0.1, 0.15) is 0 Å². The molecule has 1 aliphatic heterocycles. The maximum absolute atomic E-state index is 5.35. The highest BCUT2D eigenvalue weighted by molar-refractivity contribution is 5.25. The minimum atomic E-state index is 0.562. The Balaban J connectivity index is 1.85. The Morgan fingerprint density at radius 1 is 1.50 bits per heavy atom. The minimum Gasteiger partial charge on any atom is -0.380 e. The van der Waals surface area contributed by atoms with Gasteiger partial charge in [0.15, 0.2) is 0 Å². The van der Waals surface area contributed by atoms with Crippen molar-refractivity contribution in [2.75, 3.05) is 19.8 Å². The normalized spacial score (nSPS) is 22.2. The van der Waals surface area contributed by atoms with Gasteiger partial charge in [0.05, 0.1) is 6.61 Å². The van der Waals surface area contributed by atoms with Crippen LogP contribution in [-0.2, 0) is 4.74 Å². The van der Waals surface area contributed by atoms with Crippen molar-refractivity contribution in [2.24, 2.45) is 0 Å². The molecule has 0 radical (unpaired) electrons. The second kappa shape index (κ2) is 5.46. The van der Waals surface area contributed by atoms with E-state index in [-0.39, 0.29) is 0 Å². The first-order valence-electron chi connectivity index (χ1n) is 6.13. The molecular formula is C14H21NO. The van der Waals surface area contributed by atoms with Gasteiger partial charge in [-0.2, -0.15) is 0 Å². The van der Waals surface area contributed by atoms with Crippen molar-refractivity contribution in [1.82, 2.24) is 5.32 Å². The molecule has 1 aromatic rings. The van der Waals surface area contributed by atoms with E-state index in [1.807, 2.05) is 0 Å². The fourth-order valence-electron chi connectivity index (χ4n) is 2.13. The van der Waals surface area contributed by atoms with Gasteiger partial charge in [-0.3, -0.25) is 0 Å². The predicted molar refractivity (Wildman–Crippen MR) is 66.8 cm³/mol. The first-order valence-corrected chi connectivity index (χ1v) is 6.13. The molecule has 1 fully saturated rings. The predicted octanol–water partition coefficient (Wildman–Crippen LogP) is 2.48. The molecule has 0 spiro atoms. The van der Waals surface area contributed by atoms with Crippen molar-refractivity contribution in [2.45, 2.75) is 32.2 Å². The monoisotopic (exact) mass is 219 g/mol. The van der Waals surface area contributed by atoms with Crippen molar-refractivity contribution in [1.29, 1.82) is 0 Å². The lowest BCUT2D eigenvalue weighted by atomic mass is 9.99. The summed E-state index contributed by atoms with van der Waals surface area (Å²) in [7, 11) is 0. The van der Waals surface area contributed by atoms with Gasteiger partial charge in [-0.1, -0.05) is 36.8 Å². The smallest absolute Gasteiger partial charge is 0.0620 e. The van der Waals surface area contributed by atoms with Crippen LogP contribution in [0.1, 0.15) is 30.4 Å². The van der Waals surface area contributed by atoms with Gasteiger partial charge >= 0.3 is 0 Å². The summed E-state index contributed by atoms with van der Waals surface area (Å²) >= 11 is 0. The van der Waals surface area contributed by atoms with Gasteiger partial charge in [-0.15, -0.1) is 0 Å². The molecule has 0 aromatic heterocycles. The lowest BCUT2D eigenvalue weighted by molar-refractivity contribution is 0.190. The average Bonchev–Trinajstić information content (AvgIpc) is 2.78. The number of ether oxygens (including phenoxy) is 1. The molecule has 2 rings (SSSR count). The number of hydrogen-bond acceptors (Lipinski definition) is 2. The molecular weight excluding hydrogens is 198 g/mol. The lowest BCUT2D eigenvalue weighted by Gasteiger charge is -2.16. The summed E-state index contributed by atoms with van der Waals surface area (Å²) in [5.41, 5.74) is 2.76. The molecule has 1 aliphatic rings. The largest absolute Gasteiger partial charge is 0.380 e. The van der Waals surface area contributed by atoms with Crippen molar-refractivity contribution in [3.8, 4) is 0 Å². The number of benzene rings is 1. The third-order valence-corrected chi connectivity index (χ3v) is 3.25. The molecule has 1 heterocycles. The van der Waals surface area contributed by atoms with Crippen LogP contribution < -0.4 is 5.32 Å². The molecule has 1 saturated heterocycles. The van der Waals surface area contributed by atoms with Crippen LogP contribution in [0, 0.1) is 6.92 Å². The number of nitrogens with one attached hydrogen (secondary N) is 1. The van der Waals surface area contributed by atoms with Gasteiger partial charge in [-0.25, -0.2) is 0 Å². The van der Waals surface area contributed by atoms with E-state index in [9.17, 15) is 0 Å². The molecule has 1 N–H and O–H groups in total. The molecule has 2 atom stereocenters. The average molecular weight is 219 g/mol. The Bertz CT molecular complexity index is 331. The molecule has 0 amide bonds. The molecule has 0 saturated carbocycles. The fourth-order valence-corrected chi connectivity index (χ4v) is 2.13. The first kappa shape index (κ1) is 11.6. The topological polar surface area (TPSA) is 21.3 Å². The van der Waals surface area contributed by atoms with Crippen molar-refractivity contribution < 1.29 is 4.74 Å². The zero-order chi connectivity index (χ0) is 11.4. The molecule has 16 heavy (non-hydrogen) atoms. The zero-order valence-electron chi connectivity index (χ0n) is 10.2. The van der Waals surface area contributed by atoms with Crippen LogP contribution in [0.4, 0.5) is 0 Å². The van der Waals surface area contributed by atoms with Crippen molar-refractivity contribution >= 4 is 0 Å². The van der Waals surface area contributed by atoms with E-state index >= 15 is 0 Å². The molecule has 88 valence electrons. The zero-order valence-corrected chi connectivity index (χ0v) is 10.2. The highest BCUT2D eigenvalue weighted by Crippen LogP contribution is 2.16. The number of aryl methyl sites for hydroxylation is 1. The first-order chi connectivity index (χ1) is 7.75. The second-order valence-electron chi connectivity index (χ2n) is 4.78. The maximum Gasteiger partial charge on any atom is 0.0620 e. The van der Waals surface area contributed by atoms with Crippen LogP contribution in [0.5, 0.6) is 0 Å². The third kappa shape index (κ3) is 3.06. The van der Waals surface area contributed by atoms with Gasteiger partial charge in [0, 0.05) is 19.2 Å². The lowest BCUT2D eigenvalue weighted by Crippen LogP contribution is -2.32.